The highest BCUT2D eigenvalue weighted by molar-refractivity contribution is 6.68. The second-order valence-corrected chi connectivity index (χ2v) is 4.25. The van der Waals surface area contributed by atoms with Crippen molar-refractivity contribution in [1.82, 2.24) is 0 Å². The molecule has 0 aliphatic rings. The van der Waals surface area contributed by atoms with Crippen molar-refractivity contribution in [3.63, 3.8) is 0 Å². The molecule has 0 aliphatic carbocycles. The predicted octanol–water partition coefficient (Wildman–Crippen LogP) is 4.29. The van der Waals surface area contributed by atoms with Gasteiger partial charge in [0.05, 0.1) is 12.2 Å². The highest BCUT2D eigenvalue weighted by Gasteiger charge is 2.10. The molecule has 0 N–H and O–H groups in total. The number of hydrogen-bond donors (Lipinski definition) is 0. The molecule has 0 aliphatic heterocycles. The Labute approximate surface area is 106 Å². The molecule has 0 atom stereocenters. The van der Waals surface area contributed by atoms with Crippen LogP contribution in [0, 0.1) is 0 Å². The van der Waals surface area contributed by atoms with Crippen molar-refractivity contribution >= 4 is 28.4 Å². The molecule has 16 heavy (non-hydrogen) atoms. The van der Waals surface area contributed by atoms with E-state index < -0.39 is 5.24 Å². The SMILES string of the molecule is CCCCCOc1ccc(Cl)cc1C(=O)Cl. The quantitative estimate of drug-likeness (QED) is 0.564. The molecule has 0 saturated heterocycles. The third-order valence-electron chi connectivity index (χ3n) is 2.16. The Morgan fingerprint density at radius 2 is 2.12 bits per heavy atom. The summed E-state index contributed by atoms with van der Waals surface area (Å²) in [6, 6.07) is 4.87. The number of rotatable bonds is 6. The Morgan fingerprint density at radius 1 is 1.38 bits per heavy atom. The second-order valence-electron chi connectivity index (χ2n) is 3.47. The van der Waals surface area contributed by atoms with Crippen LogP contribution in [0.4, 0.5) is 0 Å². The number of carbonyl (C=O) groups excluding carboxylic acids is 1. The van der Waals surface area contributed by atoms with Crippen LogP contribution in [0.25, 0.3) is 0 Å². The van der Waals surface area contributed by atoms with Crippen LogP contribution in [-0.4, -0.2) is 11.8 Å². The molecule has 88 valence electrons. The summed E-state index contributed by atoms with van der Waals surface area (Å²) in [5.41, 5.74) is 0.325. The zero-order chi connectivity index (χ0) is 12.0. The zero-order valence-corrected chi connectivity index (χ0v) is 10.6. The van der Waals surface area contributed by atoms with E-state index in [4.69, 9.17) is 27.9 Å². The van der Waals surface area contributed by atoms with E-state index in [0.29, 0.717) is 22.9 Å². The fourth-order valence-corrected chi connectivity index (χ4v) is 1.64. The van der Waals surface area contributed by atoms with E-state index in [-0.39, 0.29) is 0 Å². The van der Waals surface area contributed by atoms with Gasteiger partial charge in [-0.1, -0.05) is 31.4 Å². The van der Waals surface area contributed by atoms with Gasteiger partial charge in [-0.3, -0.25) is 4.79 Å². The Morgan fingerprint density at radius 3 is 2.75 bits per heavy atom. The van der Waals surface area contributed by atoms with Gasteiger partial charge in [-0.25, -0.2) is 0 Å². The summed E-state index contributed by atoms with van der Waals surface area (Å²) in [6.07, 6.45) is 3.21. The summed E-state index contributed by atoms with van der Waals surface area (Å²) in [4.78, 5) is 11.1. The number of ether oxygens (including phenoxy) is 1. The molecule has 0 fully saturated rings. The lowest BCUT2D eigenvalue weighted by molar-refractivity contribution is 0.107. The van der Waals surface area contributed by atoms with Crippen molar-refractivity contribution in [2.24, 2.45) is 0 Å². The van der Waals surface area contributed by atoms with Gasteiger partial charge in [-0.2, -0.15) is 0 Å². The third-order valence-corrected chi connectivity index (χ3v) is 2.60. The lowest BCUT2D eigenvalue weighted by Crippen LogP contribution is -2.01. The van der Waals surface area contributed by atoms with Gasteiger partial charge in [0.2, 0.25) is 0 Å². The number of unbranched alkanes of at least 4 members (excludes halogenated alkanes) is 2. The average Bonchev–Trinajstić information content (AvgIpc) is 2.26. The maximum Gasteiger partial charge on any atom is 0.256 e. The van der Waals surface area contributed by atoms with Gasteiger partial charge in [-0.15, -0.1) is 0 Å². The predicted molar refractivity (Wildman–Crippen MR) is 66.7 cm³/mol. The van der Waals surface area contributed by atoms with Gasteiger partial charge in [-0.05, 0) is 36.2 Å². The smallest absolute Gasteiger partial charge is 0.256 e. The van der Waals surface area contributed by atoms with Gasteiger partial charge in [0.25, 0.3) is 5.24 Å². The van der Waals surface area contributed by atoms with Crippen LogP contribution in [0.2, 0.25) is 5.02 Å². The highest BCUT2D eigenvalue weighted by atomic mass is 35.5. The molecule has 0 unspecified atom stereocenters. The molecule has 0 bridgehead atoms. The van der Waals surface area contributed by atoms with Crippen molar-refractivity contribution in [1.29, 1.82) is 0 Å². The van der Waals surface area contributed by atoms with Crippen LogP contribution < -0.4 is 4.74 Å². The monoisotopic (exact) mass is 260 g/mol. The maximum atomic E-state index is 11.1. The summed E-state index contributed by atoms with van der Waals surface area (Å²) in [6.45, 7) is 2.71. The molecular formula is C12H14Cl2O2. The number of hydrogen-bond acceptors (Lipinski definition) is 2. The van der Waals surface area contributed by atoms with E-state index in [1.54, 1.807) is 12.1 Å². The molecule has 0 amide bonds. The first kappa shape index (κ1) is 13.3. The van der Waals surface area contributed by atoms with Crippen LogP contribution in [0.15, 0.2) is 18.2 Å². The van der Waals surface area contributed by atoms with Gasteiger partial charge >= 0.3 is 0 Å². The van der Waals surface area contributed by atoms with Crippen LogP contribution in [-0.2, 0) is 0 Å². The fourth-order valence-electron chi connectivity index (χ4n) is 1.32. The molecule has 0 spiro atoms. The number of benzene rings is 1. The summed E-state index contributed by atoms with van der Waals surface area (Å²) in [7, 11) is 0. The second kappa shape index (κ2) is 6.77. The van der Waals surface area contributed by atoms with Crippen LogP contribution in [0.1, 0.15) is 36.5 Å². The highest BCUT2D eigenvalue weighted by Crippen LogP contribution is 2.24. The van der Waals surface area contributed by atoms with E-state index in [2.05, 4.69) is 6.92 Å². The molecule has 0 heterocycles. The van der Waals surface area contributed by atoms with Crippen molar-refractivity contribution in [3.05, 3.63) is 28.8 Å². The Balaban J connectivity index is 2.67. The van der Waals surface area contributed by atoms with E-state index in [9.17, 15) is 4.79 Å². The van der Waals surface area contributed by atoms with E-state index in [0.717, 1.165) is 19.3 Å². The molecule has 1 rings (SSSR count). The number of carbonyl (C=O) groups is 1. The van der Waals surface area contributed by atoms with E-state index >= 15 is 0 Å². The largest absolute Gasteiger partial charge is 0.493 e. The molecule has 0 aromatic heterocycles. The average molecular weight is 261 g/mol. The Kier molecular flexibility index (Phi) is 5.64. The lowest BCUT2D eigenvalue weighted by Gasteiger charge is -2.09. The maximum absolute atomic E-state index is 11.1. The lowest BCUT2D eigenvalue weighted by atomic mass is 10.2. The normalized spacial score (nSPS) is 10.2. The first-order chi connectivity index (χ1) is 7.65. The molecule has 0 saturated carbocycles. The van der Waals surface area contributed by atoms with Crippen LogP contribution in [0.5, 0.6) is 5.75 Å². The Bertz CT molecular complexity index is 364. The first-order valence-electron chi connectivity index (χ1n) is 5.27. The molecular weight excluding hydrogens is 247 g/mol. The van der Waals surface area contributed by atoms with Crippen molar-refractivity contribution in [3.8, 4) is 5.75 Å². The zero-order valence-electron chi connectivity index (χ0n) is 9.13. The standard InChI is InChI=1S/C12H14Cl2O2/c1-2-3-4-7-16-11-6-5-9(13)8-10(11)12(14)15/h5-6,8H,2-4,7H2,1H3. The van der Waals surface area contributed by atoms with Crippen molar-refractivity contribution in [2.45, 2.75) is 26.2 Å². The van der Waals surface area contributed by atoms with Crippen LogP contribution in [0.3, 0.4) is 0 Å². The first-order valence-corrected chi connectivity index (χ1v) is 6.03. The topological polar surface area (TPSA) is 26.3 Å². The minimum atomic E-state index is -0.548. The van der Waals surface area contributed by atoms with Crippen molar-refractivity contribution < 1.29 is 9.53 Å². The van der Waals surface area contributed by atoms with Crippen LogP contribution >= 0.6 is 23.2 Å². The van der Waals surface area contributed by atoms with Crippen molar-refractivity contribution in [2.75, 3.05) is 6.61 Å². The molecule has 1 aromatic carbocycles. The molecule has 4 heteroatoms. The van der Waals surface area contributed by atoms with E-state index in [1.165, 1.54) is 6.07 Å². The number of halogens is 2. The summed E-state index contributed by atoms with van der Waals surface area (Å²) < 4.78 is 5.49. The molecule has 1 aromatic rings. The summed E-state index contributed by atoms with van der Waals surface area (Å²) in [5, 5.41) is -0.0714. The van der Waals surface area contributed by atoms with E-state index in [1.807, 2.05) is 0 Å². The minimum absolute atomic E-state index is 0.325. The third kappa shape index (κ3) is 4.03. The van der Waals surface area contributed by atoms with Gasteiger partial charge in [0.1, 0.15) is 5.75 Å². The molecule has 0 radical (unpaired) electrons. The van der Waals surface area contributed by atoms with Gasteiger partial charge in [0.15, 0.2) is 0 Å². The fraction of sp³-hybridized carbons (Fsp3) is 0.417. The van der Waals surface area contributed by atoms with Gasteiger partial charge in [0, 0.05) is 5.02 Å². The Hall–Kier alpha value is -0.730. The summed E-state index contributed by atoms with van der Waals surface area (Å²) >= 11 is 11.2. The van der Waals surface area contributed by atoms with Gasteiger partial charge < -0.3 is 4.74 Å². The minimum Gasteiger partial charge on any atom is -0.493 e. The molecule has 2 nitrogen and oxygen atoms in total. The summed E-state index contributed by atoms with van der Waals surface area (Å²) in [5.74, 6) is 0.500.